The van der Waals surface area contributed by atoms with E-state index >= 15 is 0 Å². The topological polar surface area (TPSA) is 21.3 Å². The molecule has 0 spiro atoms. The Morgan fingerprint density at radius 3 is 2.60 bits per heavy atom. The van der Waals surface area contributed by atoms with Gasteiger partial charge in [0.15, 0.2) is 0 Å². The maximum Gasteiger partial charge on any atom is 0.118 e. The first kappa shape index (κ1) is 10.5. The molecule has 1 fully saturated rings. The molecule has 0 radical (unpaired) electrons. The van der Waals surface area contributed by atoms with Crippen LogP contribution in [0.15, 0.2) is 24.3 Å². The lowest BCUT2D eigenvalue weighted by Gasteiger charge is -2.17. The van der Waals surface area contributed by atoms with Gasteiger partial charge < -0.3 is 10.1 Å². The SMILES string of the molecule is CCC1CNCC1c1ccc(OC)cc1. The Labute approximate surface area is 91.6 Å². The molecule has 0 aromatic heterocycles. The average molecular weight is 205 g/mol. The van der Waals surface area contributed by atoms with E-state index in [9.17, 15) is 0 Å². The van der Waals surface area contributed by atoms with Gasteiger partial charge in [0.2, 0.25) is 0 Å². The van der Waals surface area contributed by atoms with Crippen molar-refractivity contribution < 1.29 is 4.74 Å². The van der Waals surface area contributed by atoms with Gasteiger partial charge in [-0.3, -0.25) is 0 Å². The molecular weight excluding hydrogens is 186 g/mol. The van der Waals surface area contributed by atoms with Crippen molar-refractivity contribution in [1.82, 2.24) is 5.32 Å². The quantitative estimate of drug-likeness (QED) is 0.818. The molecule has 1 heterocycles. The summed E-state index contributed by atoms with van der Waals surface area (Å²) in [5, 5.41) is 3.47. The van der Waals surface area contributed by atoms with Gasteiger partial charge in [0.25, 0.3) is 0 Å². The molecule has 1 N–H and O–H groups in total. The third-order valence-electron chi connectivity index (χ3n) is 3.41. The summed E-state index contributed by atoms with van der Waals surface area (Å²) in [5.41, 5.74) is 1.44. The smallest absolute Gasteiger partial charge is 0.118 e. The summed E-state index contributed by atoms with van der Waals surface area (Å²) in [4.78, 5) is 0. The monoisotopic (exact) mass is 205 g/mol. The van der Waals surface area contributed by atoms with Crippen LogP contribution in [0.4, 0.5) is 0 Å². The molecule has 1 aromatic rings. The van der Waals surface area contributed by atoms with Gasteiger partial charge in [-0.1, -0.05) is 25.5 Å². The standard InChI is InChI=1S/C13H19NO/c1-3-10-8-14-9-13(10)11-4-6-12(15-2)7-5-11/h4-7,10,13-14H,3,8-9H2,1-2H3. The lowest BCUT2D eigenvalue weighted by atomic mass is 9.87. The van der Waals surface area contributed by atoms with E-state index in [1.54, 1.807) is 7.11 Å². The summed E-state index contributed by atoms with van der Waals surface area (Å²) < 4.78 is 5.17. The second-order valence-electron chi connectivity index (χ2n) is 4.21. The first-order valence-corrected chi connectivity index (χ1v) is 5.69. The van der Waals surface area contributed by atoms with Crippen LogP contribution in [0.1, 0.15) is 24.8 Å². The Bertz CT molecular complexity index is 307. The van der Waals surface area contributed by atoms with E-state index in [-0.39, 0.29) is 0 Å². The maximum absolute atomic E-state index is 5.17. The molecule has 1 aliphatic rings. The van der Waals surface area contributed by atoms with Crippen LogP contribution >= 0.6 is 0 Å². The molecule has 2 atom stereocenters. The molecule has 0 aliphatic carbocycles. The van der Waals surface area contributed by atoms with Crippen LogP contribution < -0.4 is 10.1 Å². The van der Waals surface area contributed by atoms with Crippen LogP contribution in [0.25, 0.3) is 0 Å². The largest absolute Gasteiger partial charge is 0.497 e. The fraction of sp³-hybridized carbons (Fsp3) is 0.538. The van der Waals surface area contributed by atoms with E-state index in [1.807, 2.05) is 0 Å². The first-order valence-electron chi connectivity index (χ1n) is 5.69. The second kappa shape index (κ2) is 4.67. The summed E-state index contributed by atoms with van der Waals surface area (Å²) in [5.74, 6) is 2.41. The third kappa shape index (κ3) is 2.15. The second-order valence-corrected chi connectivity index (χ2v) is 4.21. The number of ether oxygens (including phenoxy) is 1. The number of hydrogen-bond donors (Lipinski definition) is 1. The number of benzene rings is 1. The van der Waals surface area contributed by atoms with Crippen molar-refractivity contribution in [1.29, 1.82) is 0 Å². The van der Waals surface area contributed by atoms with Gasteiger partial charge in [-0.2, -0.15) is 0 Å². The van der Waals surface area contributed by atoms with Gasteiger partial charge in [-0.25, -0.2) is 0 Å². The lowest BCUT2D eigenvalue weighted by Crippen LogP contribution is -2.09. The van der Waals surface area contributed by atoms with Gasteiger partial charge in [0.1, 0.15) is 5.75 Å². The van der Waals surface area contributed by atoms with Gasteiger partial charge >= 0.3 is 0 Å². The van der Waals surface area contributed by atoms with Gasteiger partial charge in [-0.15, -0.1) is 0 Å². The number of methoxy groups -OCH3 is 1. The fourth-order valence-corrected chi connectivity index (χ4v) is 2.40. The van der Waals surface area contributed by atoms with Crippen LogP contribution in [-0.2, 0) is 0 Å². The molecule has 2 heteroatoms. The number of rotatable bonds is 3. The molecule has 1 aliphatic heterocycles. The highest BCUT2D eigenvalue weighted by Gasteiger charge is 2.26. The van der Waals surface area contributed by atoms with Crippen LogP contribution in [-0.4, -0.2) is 20.2 Å². The zero-order chi connectivity index (χ0) is 10.7. The van der Waals surface area contributed by atoms with Crippen molar-refractivity contribution in [3.8, 4) is 5.75 Å². The van der Waals surface area contributed by atoms with Crippen LogP contribution in [0, 0.1) is 5.92 Å². The van der Waals surface area contributed by atoms with Crippen LogP contribution in [0.5, 0.6) is 5.75 Å². The Morgan fingerprint density at radius 2 is 2.00 bits per heavy atom. The molecule has 2 unspecified atom stereocenters. The van der Waals surface area contributed by atoms with Crippen LogP contribution in [0.3, 0.4) is 0 Å². The number of nitrogens with one attached hydrogen (secondary N) is 1. The van der Waals surface area contributed by atoms with Gasteiger partial charge in [-0.05, 0) is 30.2 Å². The Morgan fingerprint density at radius 1 is 1.27 bits per heavy atom. The normalized spacial score (nSPS) is 25.5. The van der Waals surface area contributed by atoms with E-state index in [1.165, 1.54) is 12.0 Å². The average Bonchev–Trinajstić information content (AvgIpc) is 2.77. The highest BCUT2D eigenvalue weighted by Crippen LogP contribution is 2.30. The molecule has 0 saturated carbocycles. The van der Waals surface area contributed by atoms with Crippen molar-refractivity contribution in [3.05, 3.63) is 29.8 Å². The predicted octanol–water partition coefficient (Wildman–Crippen LogP) is 2.41. The van der Waals surface area contributed by atoms with Crippen molar-refractivity contribution in [2.24, 2.45) is 5.92 Å². The molecule has 1 aromatic carbocycles. The minimum absolute atomic E-state index is 0.681. The fourth-order valence-electron chi connectivity index (χ4n) is 2.40. The molecule has 0 amide bonds. The molecule has 0 bridgehead atoms. The van der Waals surface area contributed by atoms with Crippen molar-refractivity contribution >= 4 is 0 Å². The maximum atomic E-state index is 5.17. The summed E-state index contributed by atoms with van der Waals surface area (Å²) in [6.07, 6.45) is 1.25. The molecule has 2 rings (SSSR count). The van der Waals surface area contributed by atoms with Crippen LogP contribution in [0.2, 0.25) is 0 Å². The number of hydrogen-bond acceptors (Lipinski definition) is 2. The summed E-state index contributed by atoms with van der Waals surface area (Å²) in [6, 6.07) is 8.50. The third-order valence-corrected chi connectivity index (χ3v) is 3.41. The van der Waals surface area contributed by atoms with Gasteiger partial charge in [0.05, 0.1) is 7.11 Å². The first-order chi connectivity index (χ1) is 7.35. The summed E-state index contributed by atoms with van der Waals surface area (Å²) in [6.45, 7) is 4.55. The molecule has 2 nitrogen and oxygen atoms in total. The van der Waals surface area contributed by atoms with E-state index in [0.717, 1.165) is 24.8 Å². The summed E-state index contributed by atoms with van der Waals surface area (Å²) >= 11 is 0. The minimum Gasteiger partial charge on any atom is -0.497 e. The molecular formula is C13H19NO. The zero-order valence-corrected chi connectivity index (χ0v) is 9.49. The lowest BCUT2D eigenvalue weighted by molar-refractivity contribution is 0.414. The molecule has 82 valence electrons. The highest BCUT2D eigenvalue weighted by molar-refractivity contribution is 5.30. The molecule has 1 saturated heterocycles. The molecule has 15 heavy (non-hydrogen) atoms. The Hall–Kier alpha value is -1.02. The Kier molecular flexibility index (Phi) is 3.27. The Balaban J connectivity index is 2.14. The zero-order valence-electron chi connectivity index (χ0n) is 9.49. The van der Waals surface area contributed by atoms with E-state index in [4.69, 9.17) is 4.74 Å². The summed E-state index contributed by atoms with van der Waals surface area (Å²) in [7, 11) is 1.71. The highest BCUT2D eigenvalue weighted by atomic mass is 16.5. The van der Waals surface area contributed by atoms with Crippen molar-refractivity contribution in [2.45, 2.75) is 19.3 Å². The predicted molar refractivity (Wildman–Crippen MR) is 62.4 cm³/mol. The van der Waals surface area contributed by atoms with E-state index in [0.29, 0.717) is 5.92 Å². The van der Waals surface area contributed by atoms with Gasteiger partial charge in [0, 0.05) is 12.5 Å². The van der Waals surface area contributed by atoms with E-state index < -0.39 is 0 Å². The van der Waals surface area contributed by atoms with Crippen molar-refractivity contribution in [3.63, 3.8) is 0 Å². The minimum atomic E-state index is 0.681. The van der Waals surface area contributed by atoms with Crippen molar-refractivity contribution in [2.75, 3.05) is 20.2 Å². The van der Waals surface area contributed by atoms with E-state index in [2.05, 4.69) is 36.5 Å².